The van der Waals surface area contributed by atoms with Crippen molar-refractivity contribution in [3.05, 3.63) is 11.5 Å². The Labute approximate surface area is 84.2 Å². The minimum atomic E-state index is -1.42. The first-order valence-electron chi connectivity index (χ1n) is 3.20. The second-order valence-corrected chi connectivity index (χ2v) is 2.31. The van der Waals surface area contributed by atoms with Crippen molar-refractivity contribution in [3.63, 3.8) is 0 Å². The Balaban J connectivity index is 0.00000144. The smallest absolute Gasteiger partial charge is 0.377 e. The van der Waals surface area contributed by atoms with Gasteiger partial charge in [0.05, 0.1) is 6.61 Å². The molecule has 0 aromatic carbocycles. The fourth-order valence-corrected chi connectivity index (χ4v) is 0.823. The van der Waals surface area contributed by atoms with Crippen molar-refractivity contribution < 1.29 is 30.0 Å². The van der Waals surface area contributed by atoms with E-state index in [-0.39, 0.29) is 17.4 Å². The quantitative estimate of drug-likeness (QED) is 0.292. The van der Waals surface area contributed by atoms with E-state index in [2.05, 4.69) is 4.74 Å². The average Bonchev–Trinajstić information content (AvgIpc) is 2.32. The standard InChI is InChI=1S/C6H8O6.Al.3H/c7-1-2(8)5-3(9)4(10)6(11)12-5;;;;/h2,5,7-10H,1H2;;;;/t2?,5-;;;;/m1..../s1. The number of aliphatic hydroxyl groups is 4. The fourth-order valence-electron chi connectivity index (χ4n) is 0.823. The zero-order valence-electron chi connectivity index (χ0n) is 5.97. The third-order valence-corrected chi connectivity index (χ3v) is 1.48. The lowest BCUT2D eigenvalue weighted by molar-refractivity contribution is -0.147. The second kappa shape index (κ2) is 4.49. The predicted octanol–water partition coefficient (Wildman–Crippen LogP) is -2.59. The normalized spacial score (nSPS) is 23.8. The summed E-state index contributed by atoms with van der Waals surface area (Å²) in [7, 11) is 0. The maximum Gasteiger partial charge on any atom is 0.377 e. The molecule has 1 aliphatic rings. The van der Waals surface area contributed by atoms with Gasteiger partial charge in [-0.3, -0.25) is 0 Å². The monoisotopic (exact) mass is 206 g/mol. The van der Waals surface area contributed by atoms with Crippen LogP contribution >= 0.6 is 0 Å². The van der Waals surface area contributed by atoms with Gasteiger partial charge < -0.3 is 25.2 Å². The molecule has 0 aromatic rings. The first-order chi connectivity index (χ1) is 5.57. The molecule has 2 atom stereocenters. The van der Waals surface area contributed by atoms with Crippen LogP contribution in [0.25, 0.3) is 0 Å². The van der Waals surface area contributed by atoms with Crippen LogP contribution < -0.4 is 0 Å². The van der Waals surface area contributed by atoms with Gasteiger partial charge in [0, 0.05) is 0 Å². The average molecular weight is 206 g/mol. The van der Waals surface area contributed by atoms with Gasteiger partial charge in [-0.05, 0) is 0 Å². The lowest BCUT2D eigenvalue weighted by Crippen LogP contribution is -2.31. The second-order valence-electron chi connectivity index (χ2n) is 2.31. The molecule has 4 N–H and O–H groups in total. The van der Waals surface area contributed by atoms with E-state index in [9.17, 15) is 4.79 Å². The topological polar surface area (TPSA) is 107 Å². The highest BCUT2D eigenvalue weighted by Gasteiger charge is 2.38. The molecule has 0 radical (unpaired) electrons. The van der Waals surface area contributed by atoms with E-state index in [0.717, 1.165) is 0 Å². The summed E-state index contributed by atoms with van der Waals surface area (Å²) in [5, 5.41) is 35.0. The zero-order valence-corrected chi connectivity index (χ0v) is 5.97. The van der Waals surface area contributed by atoms with Crippen LogP contribution in [-0.4, -0.2) is 62.6 Å². The van der Waals surface area contributed by atoms with E-state index in [1.165, 1.54) is 0 Å². The van der Waals surface area contributed by atoms with Crippen LogP contribution in [0.3, 0.4) is 0 Å². The SMILES string of the molecule is O=C1O[C@H](C(O)CO)C(O)=C1O.[AlH3]. The van der Waals surface area contributed by atoms with E-state index in [4.69, 9.17) is 20.4 Å². The molecule has 7 heteroatoms. The molecule has 0 amide bonds. The first-order valence-corrected chi connectivity index (χ1v) is 3.20. The highest BCUT2D eigenvalue weighted by Crippen LogP contribution is 2.20. The van der Waals surface area contributed by atoms with Gasteiger partial charge in [0.2, 0.25) is 5.76 Å². The van der Waals surface area contributed by atoms with Gasteiger partial charge in [0.1, 0.15) is 6.10 Å². The Morgan fingerprint density at radius 1 is 1.46 bits per heavy atom. The molecule has 0 aromatic heterocycles. The summed E-state index contributed by atoms with van der Waals surface area (Å²) in [6.45, 7) is -0.671. The minimum Gasteiger partial charge on any atom is -0.505 e. The van der Waals surface area contributed by atoms with Crippen molar-refractivity contribution in [3.8, 4) is 0 Å². The number of carbonyl (C=O) groups excluding carboxylic acids is 1. The van der Waals surface area contributed by atoms with Crippen LogP contribution in [0.15, 0.2) is 11.5 Å². The highest BCUT2D eigenvalue weighted by atomic mass is 27.0. The lowest BCUT2D eigenvalue weighted by atomic mass is 10.2. The van der Waals surface area contributed by atoms with Crippen molar-refractivity contribution in [2.24, 2.45) is 0 Å². The van der Waals surface area contributed by atoms with Gasteiger partial charge in [-0.15, -0.1) is 0 Å². The van der Waals surface area contributed by atoms with Gasteiger partial charge in [-0.2, -0.15) is 0 Å². The Kier molecular flexibility index (Phi) is 4.23. The lowest BCUT2D eigenvalue weighted by Gasteiger charge is -2.13. The van der Waals surface area contributed by atoms with E-state index in [0.29, 0.717) is 0 Å². The van der Waals surface area contributed by atoms with Crippen LogP contribution in [0, 0.1) is 0 Å². The molecular formula is C6H11AlO6. The molecule has 0 saturated carbocycles. The number of aliphatic hydroxyl groups excluding tert-OH is 4. The van der Waals surface area contributed by atoms with Crippen LogP contribution in [0.1, 0.15) is 0 Å². The van der Waals surface area contributed by atoms with E-state index in [1.807, 2.05) is 0 Å². The molecule has 0 aliphatic carbocycles. The molecule has 74 valence electrons. The maximum atomic E-state index is 10.5. The molecule has 0 bridgehead atoms. The van der Waals surface area contributed by atoms with Crippen LogP contribution in [-0.2, 0) is 9.53 Å². The van der Waals surface area contributed by atoms with Crippen LogP contribution in [0.5, 0.6) is 0 Å². The minimum absolute atomic E-state index is 0. The summed E-state index contributed by atoms with van der Waals surface area (Å²) in [5.41, 5.74) is 0. The molecule has 0 spiro atoms. The van der Waals surface area contributed by atoms with Crippen molar-refractivity contribution in [1.29, 1.82) is 0 Å². The van der Waals surface area contributed by atoms with Gasteiger partial charge >= 0.3 is 5.97 Å². The molecule has 6 nitrogen and oxygen atoms in total. The number of carbonyl (C=O) groups is 1. The Bertz CT molecular complexity index is 237. The molecule has 1 rings (SSSR count). The third-order valence-electron chi connectivity index (χ3n) is 1.48. The molecule has 0 fully saturated rings. The molecule has 1 aliphatic heterocycles. The molecular weight excluding hydrogens is 195 g/mol. The predicted molar refractivity (Wildman–Crippen MR) is 45.2 cm³/mol. The van der Waals surface area contributed by atoms with Crippen molar-refractivity contribution >= 4 is 23.3 Å². The number of hydrogen-bond acceptors (Lipinski definition) is 6. The molecule has 1 heterocycles. The van der Waals surface area contributed by atoms with Gasteiger partial charge in [-0.25, -0.2) is 4.79 Å². The van der Waals surface area contributed by atoms with Gasteiger partial charge in [0.15, 0.2) is 29.2 Å². The van der Waals surface area contributed by atoms with Crippen molar-refractivity contribution in [2.75, 3.05) is 6.61 Å². The summed E-state index contributed by atoms with van der Waals surface area (Å²) < 4.78 is 4.32. The van der Waals surface area contributed by atoms with Crippen molar-refractivity contribution in [2.45, 2.75) is 12.2 Å². The number of ether oxygens (including phenoxy) is 1. The van der Waals surface area contributed by atoms with E-state index < -0.39 is 36.3 Å². The van der Waals surface area contributed by atoms with Crippen LogP contribution in [0.2, 0.25) is 0 Å². The maximum absolute atomic E-state index is 10.5. The molecule has 0 saturated heterocycles. The Morgan fingerprint density at radius 2 is 2.00 bits per heavy atom. The Morgan fingerprint density at radius 3 is 2.31 bits per heavy atom. The van der Waals surface area contributed by atoms with E-state index >= 15 is 0 Å². The zero-order chi connectivity index (χ0) is 9.30. The van der Waals surface area contributed by atoms with Crippen LogP contribution in [0.4, 0.5) is 0 Å². The first kappa shape index (κ1) is 12.3. The number of esters is 1. The number of cyclic esters (lactones) is 1. The molecule has 1 unspecified atom stereocenters. The molecule has 13 heavy (non-hydrogen) atoms. The third kappa shape index (κ3) is 2.14. The summed E-state index contributed by atoms with van der Waals surface area (Å²) in [6, 6.07) is 0. The number of rotatable bonds is 2. The summed E-state index contributed by atoms with van der Waals surface area (Å²) in [5.74, 6) is -2.78. The summed E-state index contributed by atoms with van der Waals surface area (Å²) in [4.78, 5) is 10.5. The highest BCUT2D eigenvalue weighted by molar-refractivity contribution is 5.89. The summed E-state index contributed by atoms with van der Waals surface area (Å²) >= 11 is 0. The van der Waals surface area contributed by atoms with Gasteiger partial charge in [0.25, 0.3) is 0 Å². The number of hydrogen-bond donors (Lipinski definition) is 4. The van der Waals surface area contributed by atoms with Crippen molar-refractivity contribution in [1.82, 2.24) is 0 Å². The van der Waals surface area contributed by atoms with Gasteiger partial charge in [-0.1, -0.05) is 0 Å². The Hall–Kier alpha value is -0.738. The summed E-state index contributed by atoms with van der Waals surface area (Å²) in [6.07, 6.45) is -2.78. The van der Waals surface area contributed by atoms with E-state index in [1.54, 1.807) is 0 Å². The fraction of sp³-hybridized carbons (Fsp3) is 0.500. The largest absolute Gasteiger partial charge is 0.505 e.